The summed E-state index contributed by atoms with van der Waals surface area (Å²) in [6.07, 6.45) is 0.776. The number of aliphatic hydroxyl groups is 1. The third kappa shape index (κ3) is 4.36. The first kappa shape index (κ1) is 20.3. The maximum absolute atomic E-state index is 12.9. The standard InChI is InChI=1S/C20H25ClN2O3S/c1-15-13-17(5-8-20(15)21)16-3-6-19(7-4-16)27(25,26)23-10-9-18(14-23)22(2)11-12-24/h3-8,13,18,24H,9-12,14H2,1-2H3/t18-/m1/s1. The van der Waals surface area contributed by atoms with Crippen molar-refractivity contribution in [1.82, 2.24) is 9.21 Å². The molecule has 7 heteroatoms. The van der Waals surface area contributed by atoms with Gasteiger partial charge in [-0.1, -0.05) is 29.8 Å². The van der Waals surface area contributed by atoms with Crippen molar-refractivity contribution in [2.75, 3.05) is 33.3 Å². The third-order valence-electron chi connectivity index (χ3n) is 5.19. The van der Waals surface area contributed by atoms with Gasteiger partial charge in [-0.05, 0) is 61.3 Å². The Hall–Kier alpha value is -1.44. The molecule has 0 spiro atoms. The monoisotopic (exact) mass is 408 g/mol. The highest BCUT2D eigenvalue weighted by Crippen LogP contribution is 2.28. The van der Waals surface area contributed by atoms with E-state index in [4.69, 9.17) is 16.7 Å². The number of likely N-dealkylation sites (N-methyl/N-ethyl adjacent to an activating group) is 1. The summed E-state index contributed by atoms with van der Waals surface area (Å²) < 4.78 is 27.4. The van der Waals surface area contributed by atoms with Crippen LogP contribution in [0, 0.1) is 6.92 Å². The summed E-state index contributed by atoms with van der Waals surface area (Å²) in [4.78, 5) is 2.32. The fourth-order valence-corrected chi connectivity index (χ4v) is 5.03. The van der Waals surface area contributed by atoms with E-state index in [0.717, 1.165) is 23.1 Å². The molecule has 3 rings (SSSR count). The number of benzene rings is 2. The van der Waals surface area contributed by atoms with Crippen molar-refractivity contribution in [3.63, 3.8) is 0 Å². The van der Waals surface area contributed by atoms with Crippen molar-refractivity contribution in [2.45, 2.75) is 24.3 Å². The molecule has 1 aliphatic rings. The second-order valence-electron chi connectivity index (χ2n) is 7.00. The van der Waals surface area contributed by atoms with Crippen molar-refractivity contribution < 1.29 is 13.5 Å². The van der Waals surface area contributed by atoms with Crippen molar-refractivity contribution in [2.24, 2.45) is 0 Å². The Bertz CT molecular complexity index is 900. The maximum Gasteiger partial charge on any atom is 0.243 e. The molecule has 0 amide bonds. The molecule has 0 unspecified atom stereocenters. The van der Waals surface area contributed by atoms with Gasteiger partial charge in [0.25, 0.3) is 0 Å². The largest absolute Gasteiger partial charge is 0.395 e. The molecule has 27 heavy (non-hydrogen) atoms. The van der Waals surface area contributed by atoms with Gasteiger partial charge in [0.15, 0.2) is 0 Å². The lowest BCUT2D eigenvalue weighted by molar-refractivity contribution is 0.184. The number of rotatable bonds is 6. The van der Waals surface area contributed by atoms with Gasteiger partial charge in [-0.2, -0.15) is 4.31 Å². The molecule has 1 N–H and O–H groups in total. The molecule has 0 aromatic heterocycles. The second kappa shape index (κ2) is 8.29. The predicted molar refractivity (Wildman–Crippen MR) is 109 cm³/mol. The summed E-state index contributed by atoms with van der Waals surface area (Å²) in [6, 6.07) is 12.9. The minimum absolute atomic E-state index is 0.0748. The van der Waals surface area contributed by atoms with E-state index in [9.17, 15) is 8.42 Å². The molecule has 0 saturated carbocycles. The molecule has 1 aliphatic heterocycles. The molecule has 0 bridgehead atoms. The van der Waals surface area contributed by atoms with E-state index in [0.29, 0.717) is 29.6 Å². The van der Waals surface area contributed by atoms with Gasteiger partial charge in [0.05, 0.1) is 11.5 Å². The van der Waals surface area contributed by atoms with Gasteiger partial charge in [-0.25, -0.2) is 8.42 Å². The summed E-state index contributed by atoms with van der Waals surface area (Å²) in [6.45, 7) is 3.53. The van der Waals surface area contributed by atoms with Crippen molar-refractivity contribution in [3.8, 4) is 11.1 Å². The van der Waals surface area contributed by atoms with Crippen LogP contribution in [0.4, 0.5) is 0 Å². The third-order valence-corrected chi connectivity index (χ3v) is 7.49. The van der Waals surface area contributed by atoms with Crippen LogP contribution < -0.4 is 0 Å². The molecule has 146 valence electrons. The van der Waals surface area contributed by atoms with Gasteiger partial charge >= 0.3 is 0 Å². The molecule has 0 radical (unpaired) electrons. The first-order chi connectivity index (χ1) is 12.8. The van der Waals surface area contributed by atoms with Crippen molar-refractivity contribution in [3.05, 3.63) is 53.1 Å². The van der Waals surface area contributed by atoms with Gasteiger partial charge in [-0.3, -0.25) is 4.90 Å². The van der Waals surface area contributed by atoms with Crippen LogP contribution in [-0.2, 0) is 10.0 Å². The molecular formula is C20H25ClN2O3S. The number of halogens is 1. The zero-order valence-electron chi connectivity index (χ0n) is 15.6. The van der Waals surface area contributed by atoms with E-state index >= 15 is 0 Å². The van der Waals surface area contributed by atoms with Crippen LogP contribution in [0.15, 0.2) is 47.4 Å². The highest BCUT2D eigenvalue weighted by atomic mass is 35.5. The lowest BCUT2D eigenvalue weighted by Gasteiger charge is -2.23. The molecule has 5 nitrogen and oxygen atoms in total. The van der Waals surface area contributed by atoms with Crippen LogP contribution in [0.3, 0.4) is 0 Å². The van der Waals surface area contributed by atoms with Crippen LogP contribution >= 0.6 is 11.6 Å². The average molecular weight is 409 g/mol. The van der Waals surface area contributed by atoms with E-state index in [-0.39, 0.29) is 12.6 Å². The smallest absolute Gasteiger partial charge is 0.243 e. The number of hydrogen-bond donors (Lipinski definition) is 1. The molecule has 1 fully saturated rings. The summed E-state index contributed by atoms with van der Waals surface area (Å²) in [7, 11) is -1.59. The summed E-state index contributed by atoms with van der Waals surface area (Å²) in [5, 5.41) is 9.79. The highest BCUT2D eigenvalue weighted by Gasteiger charge is 2.34. The molecule has 1 atom stereocenters. The van der Waals surface area contributed by atoms with Crippen LogP contribution in [0.5, 0.6) is 0 Å². The highest BCUT2D eigenvalue weighted by molar-refractivity contribution is 7.89. The van der Waals surface area contributed by atoms with Crippen LogP contribution in [0.2, 0.25) is 5.02 Å². The van der Waals surface area contributed by atoms with Crippen molar-refractivity contribution in [1.29, 1.82) is 0 Å². The lowest BCUT2D eigenvalue weighted by atomic mass is 10.0. The maximum atomic E-state index is 12.9. The normalized spacial score (nSPS) is 18.3. The van der Waals surface area contributed by atoms with Crippen LogP contribution in [-0.4, -0.2) is 62.1 Å². The zero-order valence-corrected chi connectivity index (χ0v) is 17.2. The second-order valence-corrected chi connectivity index (χ2v) is 9.34. The van der Waals surface area contributed by atoms with Gasteiger partial charge in [-0.15, -0.1) is 0 Å². The number of sulfonamides is 1. The summed E-state index contributed by atoms with van der Waals surface area (Å²) in [5.74, 6) is 0. The van der Waals surface area contributed by atoms with E-state index < -0.39 is 10.0 Å². The zero-order chi connectivity index (χ0) is 19.6. The van der Waals surface area contributed by atoms with Gasteiger partial charge in [0.1, 0.15) is 0 Å². The topological polar surface area (TPSA) is 60.9 Å². The SMILES string of the molecule is Cc1cc(-c2ccc(S(=O)(=O)N3CC[C@@H](N(C)CCO)C3)cc2)ccc1Cl. The summed E-state index contributed by atoms with van der Waals surface area (Å²) >= 11 is 6.08. The summed E-state index contributed by atoms with van der Waals surface area (Å²) in [5.41, 5.74) is 2.95. The minimum atomic E-state index is -3.51. The quantitative estimate of drug-likeness (QED) is 0.798. The number of aliphatic hydroxyl groups excluding tert-OH is 1. The average Bonchev–Trinajstić information content (AvgIpc) is 3.15. The van der Waals surface area contributed by atoms with Gasteiger partial charge in [0.2, 0.25) is 10.0 Å². The molecule has 2 aromatic carbocycles. The Morgan fingerprint density at radius 3 is 2.48 bits per heavy atom. The fraction of sp³-hybridized carbons (Fsp3) is 0.400. The first-order valence-electron chi connectivity index (χ1n) is 9.01. The van der Waals surface area contributed by atoms with Gasteiger partial charge in [0, 0.05) is 30.7 Å². The molecular weight excluding hydrogens is 384 g/mol. The van der Waals surface area contributed by atoms with E-state index in [1.807, 2.05) is 49.2 Å². The van der Waals surface area contributed by atoms with Crippen LogP contribution in [0.1, 0.15) is 12.0 Å². The number of hydrogen-bond acceptors (Lipinski definition) is 4. The molecule has 0 aliphatic carbocycles. The molecule has 1 heterocycles. The van der Waals surface area contributed by atoms with E-state index in [2.05, 4.69) is 0 Å². The number of aryl methyl sites for hydroxylation is 1. The Kier molecular flexibility index (Phi) is 6.23. The Morgan fingerprint density at radius 2 is 1.85 bits per heavy atom. The number of nitrogens with zero attached hydrogens (tertiary/aromatic N) is 2. The first-order valence-corrected chi connectivity index (χ1v) is 10.8. The molecule has 1 saturated heterocycles. The Morgan fingerprint density at radius 1 is 1.19 bits per heavy atom. The lowest BCUT2D eigenvalue weighted by Crippen LogP contribution is -2.37. The fourth-order valence-electron chi connectivity index (χ4n) is 3.42. The predicted octanol–water partition coefficient (Wildman–Crippen LogP) is 3.00. The minimum Gasteiger partial charge on any atom is -0.395 e. The van der Waals surface area contributed by atoms with Gasteiger partial charge < -0.3 is 5.11 Å². The Balaban J connectivity index is 1.77. The van der Waals surface area contributed by atoms with E-state index in [1.165, 1.54) is 4.31 Å². The molecule has 2 aromatic rings. The van der Waals surface area contributed by atoms with Crippen LogP contribution in [0.25, 0.3) is 11.1 Å². The van der Waals surface area contributed by atoms with E-state index in [1.54, 1.807) is 12.1 Å². The van der Waals surface area contributed by atoms with Crippen molar-refractivity contribution >= 4 is 21.6 Å². The Labute approximate surface area is 166 Å².